The number of rotatable bonds is 3. The van der Waals surface area contributed by atoms with Gasteiger partial charge in [-0.2, -0.15) is 13.2 Å². The summed E-state index contributed by atoms with van der Waals surface area (Å²) in [5.41, 5.74) is -1.91. The Labute approximate surface area is 141 Å². The molecule has 3 rings (SSSR count). The molecular formula is C17H11F4NO2S. The van der Waals surface area contributed by atoms with Crippen LogP contribution in [0.2, 0.25) is 0 Å². The van der Waals surface area contributed by atoms with Crippen molar-refractivity contribution in [3.05, 3.63) is 72.0 Å². The Kier molecular flexibility index (Phi) is 4.16. The minimum Gasteiger partial charge on any atom is -0.277 e. The Morgan fingerprint density at radius 1 is 0.840 bits per heavy atom. The quantitative estimate of drug-likeness (QED) is 0.674. The molecule has 0 bridgehead atoms. The maximum atomic E-state index is 13.8. The van der Waals surface area contributed by atoms with Crippen molar-refractivity contribution >= 4 is 26.5 Å². The number of benzene rings is 3. The normalized spacial score (nSPS) is 12.3. The highest BCUT2D eigenvalue weighted by molar-refractivity contribution is 7.92. The highest BCUT2D eigenvalue weighted by atomic mass is 32.2. The maximum Gasteiger partial charge on any atom is 0.416 e. The van der Waals surface area contributed by atoms with Crippen molar-refractivity contribution in [3.63, 3.8) is 0 Å². The summed E-state index contributed by atoms with van der Waals surface area (Å²) in [6.45, 7) is 0. The molecule has 0 heterocycles. The van der Waals surface area contributed by atoms with E-state index < -0.39 is 33.3 Å². The number of hydrogen-bond donors (Lipinski definition) is 1. The van der Waals surface area contributed by atoms with Gasteiger partial charge in [0.2, 0.25) is 0 Å². The Hall–Kier alpha value is -2.61. The molecule has 25 heavy (non-hydrogen) atoms. The first-order chi connectivity index (χ1) is 11.7. The molecule has 3 nitrogen and oxygen atoms in total. The van der Waals surface area contributed by atoms with Gasteiger partial charge in [-0.1, -0.05) is 30.3 Å². The lowest BCUT2D eigenvalue weighted by Crippen LogP contribution is -2.15. The molecule has 0 amide bonds. The van der Waals surface area contributed by atoms with E-state index in [1.807, 2.05) is 4.72 Å². The Bertz CT molecular complexity index is 1050. The van der Waals surface area contributed by atoms with Gasteiger partial charge in [-0.15, -0.1) is 0 Å². The monoisotopic (exact) mass is 369 g/mol. The van der Waals surface area contributed by atoms with Crippen LogP contribution in [-0.4, -0.2) is 8.42 Å². The molecule has 1 N–H and O–H groups in total. The SMILES string of the molecule is O=S(=O)(Nc1cc(C(F)(F)F)ccc1F)c1ccc2ccccc2c1. The van der Waals surface area contributed by atoms with Gasteiger partial charge in [-0.05, 0) is 41.1 Å². The highest BCUT2D eigenvalue weighted by Gasteiger charge is 2.31. The number of anilines is 1. The fourth-order valence-corrected chi connectivity index (χ4v) is 3.41. The third-order valence-electron chi connectivity index (χ3n) is 3.57. The van der Waals surface area contributed by atoms with Crippen molar-refractivity contribution in [1.82, 2.24) is 0 Å². The summed E-state index contributed by atoms with van der Waals surface area (Å²) in [5.74, 6) is -1.10. The highest BCUT2D eigenvalue weighted by Crippen LogP contribution is 2.32. The van der Waals surface area contributed by atoms with E-state index in [1.54, 1.807) is 30.3 Å². The van der Waals surface area contributed by atoms with Gasteiger partial charge in [-0.3, -0.25) is 4.72 Å². The summed E-state index contributed by atoms with van der Waals surface area (Å²) in [5, 5.41) is 1.43. The molecule has 0 aliphatic rings. The lowest BCUT2D eigenvalue weighted by molar-refractivity contribution is -0.137. The first-order valence-electron chi connectivity index (χ1n) is 7.05. The van der Waals surface area contributed by atoms with Gasteiger partial charge in [0.1, 0.15) is 5.82 Å². The molecule has 0 aromatic heterocycles. The predicted molar refractivity (Wildman–Crippen MR) is 86.2 cm³/mol. The second kappa shape index (κ2) is 6.03. The molecule has 0 saturated heterocycles. The molecule has 0 atom stereocenters. The molecule has 8 heteroatoms. The van der Waals surface area contributed by atoms with Gasteiger partial charge in [0.25, 0.3) is 10.0 Å². The number of fused-ring (bicyclic) bond motifs is 1. The van der Waals surface area contributed by atoms with Crippen LogP contribution in [0, 0.1) is 5.82 Å². The zero-order valence-corrected chi connectivity index (χ0v) is 13.3. The van der Waals surface area contributed by atoms with Crippen LogP contribution in [0.3, 0.4) is 0 Å². The van der Waals surface area contributed by atoms with Gasteiger partial charge in [0.15, 0.2) is 0 Å². The lowest BCUT2D eigenvalue weighted by Gasteiger charge is -2.12. The van der Waals surface area contributed by atoms with Crippen LogP contribution in [0.15, 0.2) is 65.6 Å². The van der Waals surface area contributed by atoms with E-state index in [0.29, 0.717) is 23.6 Å². The molecule has 0 spiro atoms. The molecule has 0 fully saturated rings. The van der Waals surface area contributed by atoms with Crippen molar-refractivity contribution in [2.24, 2.45) is 0 Å². The van der Waals surface area contributed by atoms with Gasteiger partial charge >= 0.3 is 6.18 Å². The summed E-state index contributed by atoms with van der Waals surface area (Å²) in [7, 11) is -4.25. The van der Waals surface area contributed by atoms with E-state index in [4.69, 9.17) is 0 Å². The van der Waals surface area contributed by atoms with E-state index in [9.17, 15) is 26.0 Å². The van der Waals surface area contributed by atoms with Crippen LogP contribution >= 0.6 is 0 Å². The molecule has 0 radical (unpaired) electrons. The first-order valence-corrected chi connectivity index (χ1v) is 8.53. The fourth-order valence-electron chi connectivity index (χ4n) is 2.32. The van der Waals surface area contributed by atoms with E-state index in [1.165, 1.54) is 12.1 Å². The summed E-state index contributed by atoms with van der Waals surface area (Å²) >= 11 is 0. The van der Waals surface area contributed by atoms with Crippen molar-refractivity contribution in [2.45, 2.75) is 11.1 Å². The third kappa shape index (κ3) is 3.58. The zero-order valence-electron chi connectivity index (χ0n) is 12.5. The molecule has 130 valence electrons. The van der Waals surface area contributed by atoms with Crippen molar-refractivity contribution in [1.29, 1.82) is 0 Å². The molecule has 3 aromatic rings. The van der Waals surface area contributed by atoms with Gasteiger partial charge in [0, 0.05) is 0 Å². The van der Waals surface area contributed by atoms with E-state index in [-0.39, 0.29) is 4.90 Å². The third-order valence-corrected chi connectivity index (χ3v) is 4.93. The van der Waals surface area contributed by atoms with Crippen LogP contribution < -0.4 is 4.72 Å². The minimum atomic E-state index is -4.71. The van der Waals surface area contributed by atoms with Gasteiger partial charge in [0.05, 0.1) is 16.1 Å². The summed E-state index contributed by atoms with van der Waals surface area (Å²) in [4.78, 5) is -0.178. The van der Waals surface area contributed by atoms with E-state index in [0.717, 1.165) is 5.39 Å². The van der Waals surface area contributed by atoms with Crippen molar-refractivity contribution in [2.75, 3.05) is 4.72 Å². The van der Waals surface area contributed by atoms with Gasteiger partial charge in [-0.25, -0.2) is 12.8 Å². The number of hydrogen-bond acceptors (Lipinski definition) is 2. The Balaban J connectivity index is 2.00. The number of halogens is 4. The van der Waals surface area contributed by atoms with Crippen molar-refractivity contribution < 1.29 is 26.0 Å². The van der Waals surface area contributed by atoms with Gasteiger partial charge < -0.3 is 0 Å². The second-order valence-electron chi connectivity index (χ2n) is 5.31. The average Bonchev–Trinajstić information content (AvgIpc) is 2.55. The molecule has 0 unspecified atom stereocenters. The van der Waals surface area contributed by atoms with Crippen LogP contribution in [0.25, 0.3) is 10.8 Å². The molecule has 0 saturated carbocycles. The minimum absolute atomic E-state index is 0.178. The second-order valence-corrected chi connectivity index (χ2v) is 6.99. The number of sulfonamides is 1. The largest absolute Gasteiger partial charge is 0.416 e. The fraction of sp³-hybridized carbons (Fsp3) is 0.0588. The average molecular weight is 369 g/mol. The summed E-state index contributed by atoms with van der Waals surface area (Å²) < 4.78 is 78.6. The van der Waals surface area contributed by atoms with Crippen LogP contribution in [0.1, 0.15) is 5.56 Å². The summed E-state index contributed by atoms with van der Waals surface area (Å²) in [6, 6.07) is 12.8. The maximum absolute atomic E-state index is 13.8. The van der Waals surface area contributed by atoms with Crippen LogP contribution in [0.5, 0.6) is 0 Å². The standard InChI is InChI=1S/C17H11F4NO2S/c18-15-8-6-13(17(19,20)21)10-16(15)22-25(23,24)14-7-5-11-3-1-2-4-12(11)9-14/h1-10,22H. The lowest BCUT2D eigenvalue weighted by atomic mass is 10.1. The number of alkyl halides is 3. The molecule has 3 aromatic carbocycles. The zero-order chi connectivity index (χ0) is 18.2. The predicted octanol–water partition coefficient (Wildman–Crippen LogP) is 4.80. The molecule has 0 aliphatic heterocycles. The smallest absolute Gasteiger partial charge is 0.277 e. The Morgan fingerprint density at radius 2 is 1.52 bits per heavy atom. The Morgan fingerprint density at radius 3 is 2.20 bits per heavy atom. The topological polar surface area (TPSA) is 46.2 Å². The first kappa shape index (κ1) is 17.2. The molecule has 0 aliphatic carbocycles. The van der Waals surface area contributed by atoms with Crippen LogP contribution in [-0.2, 0) is 16.2 Å². The van der Waals surface area contributed by atoms with Crippen LogP contribution in [0.4, 0.5) is 23.2 Å². The van der Waals surface area contributed by atoms with Crippen molar-refractivity contribution in [3.8, 4) is 0 Å². The van der Waals surface area contributed by atoms with E-state index in [2.05, 4.69) is 0 Å². The summed E-state index contributed by atoms with van der Waals surface area (Å²) in [6.07, 6.45) is -4.71. The van der Waals surface area contributed by atoms with E-state index >= 15 is 0 Å². The molecular weight excluding hydrogens is 358 g/mol. The number of nitrogens with one attached hydrogen (secondary N) is 1.